The highest BCUT2D eigenvalue weighted by atomic mass is 16.3. The van der Waals surface area contributed by atoms with Crippen molar-refractivity contribution in [2.45, 2.75) is 78.7 Å². The van der Waals surface area contributed by atoms with Crippen molar-refractivity contribution in [3.8, 4) is 0 Å². The number of hydrogen-bond acceptors (Lipinski definition) is 3. The molecule has 0 amide bonds. The summed E-state index contributed by atoms with van der Waals surface area (Å²) in [6.45, 7) is 8.63. The fourth-order valence-electron chi connectivity index (χ4n) is 8.40. The molecule has 0 saturated heterocycles. The molecular weight excluding hydrogens is 312 g/mol. The summed E-state index contributed by atoms with van der Waals surface area (Å²) < 4.78 is 0. The fraction of sp³-hybridized carbons (Fsp3) is 0.909. The van der Waals surface area contributed by atoms with Gasteiger partial charge in [-0.3, -0.25) is 9.59 Å². The fourth-order valence-corrected chi connectivity index (χ4v) is 8.40. The molecule has 0 heterocycles. The van der Waals surface area contributed by atoms with Crippen LogP contribution in [-0.2, 0) is 9.59 Å². The maximum atomic E-state index is 12.4. The maximum absolute atomic E-state index is 12.4. The van der Waals surface area contributed by atoms with Crippen molar-refractivity contribution in [2.75, 3.05) is 0 Å². The van der Waals surface area contributed by atoms with Crippen LogP contribution >= 0.6 is 0 Å². The van der Waals surface area contributed by atoms with Gasteiger partial charge in [-0.1, -0.05) is 20.8 Å². The molecule has 3 nitrogen and oxygen atoms in total. The van der Waals surface area contributed by atoms with E-state index in [9.17, 15) is 14.7 Å². The monoisotopic (exact) mass is 346 g/mol. The van der Waals surface area contributed by atoms with Crippen molar-refractivity contribution in [1.82, 2.24) is 0 Å². The second-order valence-corrected chi connectivity index (χ2v) is 10.4. The topological polar surface area (TPSA) is 54.4 Å². The summed E-state index contributed by atoms with van der Waals surface area (Å²) >= 11 is 0. The first-order chi connectivity index (χ1) is 11.7. The zero-order chi connectivity index (χ0) is 18.1. The van der Waals surface area contributed by atoms with E-state index >= 15 is 0 Å². The molecule has 9 atom stereocenters. The summed E-state index contributed by atoms with van der Waals surface area (Å²) in [5, 5.41) is 11.3. The number of aliphatic hydroxyl groups is 1. The summed E-state index contributed by atoms with van der Waals surface area (Å²) in [5.41, 5.74) is 0.0641. The molecular formula is C22H34O3. The lowest BCUT2D eigenvalue weighted by molar-refractivity contribution is -0.174. The van der Waals surface area contributed by atoms with Gasteiger partial charge < -0.3 is 5.11 Å². The minimum absolute atomic E-state index is 0.0421. The molecule has 4 rings (SSSR count). The van der Waals surface area contributed by atoms with E-state index in [2.05, 4.69) is 20.8 Å². The van der Waals surface area contributed by atoms with Crippen LogP contribution in [0.5, 0.6) is 0 Å². The third-order valence-electron chi connectivity index (χ3n) is 9.19. The Morgan fingerprint density at radius 2 is 1.92 bits per heavy atom. The summed E-state index contributed by atoms with van der Waals surface area (Å²) in [5.74, 6) is 3.11. The number of Topliss-reactive ketones (excluding diaryl/α,β-unsaturated/α-hetero) is 2. The summed E-state index contributed by atoms with van der Waals surface area (Å²) in [7, 11) is 0. The van der Waals surface area contributed by atoms with E-state index in [0.29, 0.717) is 47.6 Å². The largest absolute Gasteiger partial charge is 0.393 e. The van der Waals surface area contributed by atoms with Crippen molar-refractivity contribution < 1.29 is 14.7 Å². The number of rotatable bonds is 1. The lowest BCUT2D eigenvalue weighted by atomic mass is 9.44. The van der Waals surface area contributed by atoms with E-state index < -0.39 is 0 Å². The molecule has 3 heteroatoms. The Hall–Kier alpha value is -0.700. The Labute approximate surface area is 151 Å². The molecule has 4 aliphatic rings. The summed E-state index contributed by atoms with van der Waals surface area (Å²) in [6.07, 6.45) is 6.20. The van der Waals surface area contributed by atoms with Crippen LogP contribution < -0.4 is 0 Å². The van der Waals surface area contributed by atoms with Gasteiger partial charge >= 0.3 is 0 Å². The van der Waals surface area contributed by atoms with E-state index in [1.165, 1.54) is 0 Å². The predicted molar refractivity (Wildman–Crippen MR) is 96.8 cm³/mol. The highest BCUT2D eigenvalue weighted by Crippen LogP contribution is 2.68. The van der Waals surface area contributed by atoms with Gasteiger partial charge in [-0.05, 0) is 79.4 Å². The first-order valence-electron chi connectivity index (χ1n) is 10.4. The number of carbonyl (C=O) groups excluding carboxylic acids is 2. The van der Waals surface area contributed by atoms with Crippen molar-refractivity contribution in [1.29, 1.82) is 0 Å². The second-order valence-electron chi connectivity index (χ2n) is 10.4. The quantitative estimate of drug-likeness (QED) is 0.780. The number of aliphatic hydroxyl groups excluding tert-OH is 1. The number of ketones is 2. The summed E-state index contributed by atoms with van der Waals surface area (Å²) in [6, 6.07) is 0. The molecule has 140 valence electrons. The van der Waals surface area contributed by atoms with E-state index in [1.54, 1.807) is 6.92 Å². The molecule has 4 saturated carbocycles. The SMILES string of the molecule is CC(=O)[C@H]1[C@H](C)C[C@H]2[C@@H]3CC[C@@H]4CC(=O)CC[C@]4(C)[C@H]3[C@H](O)C[C@@]21C. The minimum atomic E-state index is -0.320. The van der Waals surface area contributed by atoms with Gasteiger partial charge in [-0.25, -0.2) is 0 Å². The normalized spacial score (nSPS) is 55.2. The van der Waals surface area contributed by atoms with Crippen LogP contribution in [0.15, 0.2) is 0 Å². The number of hydrogen-bond donors (Lipinski definition) is 1. The molecule has 25 heavy (non-hydrogen) atoms. The Kier molecular flexibility index (Phi) is 4.00. The van der Waals surface area contributed by atoms with Crippen molar-refractivity contribution in [3.63, 3.8) is 0 Å². The molecule has 0 aromatic rings. The molecule has 0 unspecified atom stereocenters. The average Bonchev–Trinajstić information content (AvgIpc) is 2.77. The third kappa shape index (κ3) is 2.33. The minimum Gasteiger partial charge on any atom is -0.393 e. The molecule has 0 bridgehead atoms. The smallest absolute Gasteiger partial charge is 0.133 e. The van der Waals surface area contributed by atoms with Crippen molar-refractivity contribution >= 4 is 11.6 Å². The van der Waals surface area contributed by atoms with Crippen molar-refractivity contribution in [2.24, 2.45) is 46.3 Å². The Bertz CT molecular complexity index is 598. The Morgan fingerprint density at radius 3 is 2.60 bits per heavy atom. The van der Waals surface area contributed by atoms with E-state index in [-0.39, 0.29) is 22.9 Å². The first-order valence-corrected chi connectivity index (χ1v) is 10.4. The molecule has 0 aliphatic heterocycles. The molecule has 1 N–H and O–H groups in total. The Balaban J connectivity index is 1.70. The van der Waals surface area contributed by atoms with Gasteiger partial charge in [-0.2, -0.15) is 0 Å². The lowest BCUT2D eigenvalue weighted by Crippen LogP contribution is -2.59. The van der Waals surface area contributed by atoms with Gasteiger partial charge in [0.25, 0.3) is 0 Å². The van der Waals surface area contributed by atoms with Crippen LogP contribution in [0.3, 0.4) is 0 Å². The average molecular weight is 347 g/mol. The predicted octanol–water partition coefficient (Wildman–Crippen LogP) is 4.02. The van der Waals surface area contributed by atoms with Gasteiger partial charge in [-0.15, -0.1) is 0 Å². The van der Waals surface area contributed by atoms with Gasteiger partial charge in [0, 0.05) is 18.8 Å². The van der Waals surface area contributed by atoms with Crippen LogP contribution in [0.25, 0.3) is 0 Å². The Morgan fingerprint density at radius 1 is 1.20 bits per heavy atom. The van der Waals surface area contributed by atoms with Crippen LogP contribution in [0.4, 0.5) is 0 Å². The van der Waals surface area contributed by atoms with Gasteiger partial charge in [0.1, 0.15) is 11.6 Å². The van der Waals surface area contributed by atoms with E-state index in [0.717, 1.165) is 38.5 Å². The molecule has 4 fully saturated rings. The summed E-state index contributed by atoms with van der Waals surface area (Å²) in [4.78, 5) is 24.4. The molecule has 4 aliphatic carbocycles. The lowest BCUT2D eigenvalue weighted by Gasteiger charge is -2.61. The highest BCUT2D eigenvalue weighted by molar-refractivity contribution is 5.80. The van der Waals surface area contributed by atoms with Crippen LogP contribution in [0, 0.1) is 46.3 Å². The van der Waals surface area contributed by atoms with Gasteiger partial charge in [0.05, 0.1) is 6.10 Å². The zero-order valence-electron chi connectivity index (χ0n) is 16.3. The van der Waals surface area contributed by atoms with Gasteiger partial charge in [0.15, 0.2) is 0 Å². The van der Waals surface area contributed by atoms with Crippen molar-refractivity contribution in [3.05, 3.63) is 0 Å². The third-order valence-corrected chi connectivity index (χ3v) is 9.19. The highest BCUT2D eigenvalue weighted by Gasteiger charge is 2.64. The maximum Gasteiger partial charge on any atom is 0.133 e. The van der Waals surface area contributed by atoms with Crippen LogP contribution in [0.1, 0.15) is 72.6 Å². The molecule has 0 aromatic heterocycles. The molecule has 0 spiro atoms. The second kappa shape index (κ2) is 5.65. The molecule has 0 radical (unpaired) electrons. The number of carbonyl (C=O) groups is 2. The number of fused-ring (bicyclic) bond motifs is 5. The zero-order valence-corrected chi connectivity index (χ0v) is 16.3. The van der Waals surface area contributed by atoms with Gasteiger partial charge in [0.2, 0.25) is 0 Å². The van der Waals surface area contributed by atoms with E-state index in [4.69, 9.17) is 0 Å². The van der Waals surface area contributed by atoms with E-state index in [1.807, 2.05) is 0 Å². The molecule has 0 aromatic carbocycles. The van der Waals surface area contributed by atoms with Crippen LogP contribution in [-0.4, -0.2) is 22.8 Å². The van der Waals surface area contributed by atoms with Crippen LogP contribution in [0.2, 0.25) is 0 Å². The standard InChI is InChI=1S/C22H34O3/c1-12-9-17-16-6-5-14-10-15(24)7-8-21(14,3)20(16)18(25)11-22(17,4)19(12)13(2)23/h12,14,16-20,25H,5-11H2,1-4H3/t12-,14-,16+,17+,18-,19-,20-,21+,22+/m1/s1. The first kappa shape index (κ1) is 17.7.